The van der Waals surface area contributed by atoms with Gasteiger partial charge in [0.2, 0.25) is 5.91 Å². The molecule has 2 rings (SSSR count). The molecular formula is C13H9F3N3O4-. The molecule has 23 heavy (non-hydrogen) atoms. The Morgan fingerprint density at radius 3 is 2.39 bits per heavy atom. The summed E-state index contributed by atoms with van der Waals surface area (Å²) in [6.45, 7) is -2.42. The van der Waals surface area contributed by atoms with Crippen LogP contribution in [0.3, 0.4) is 0 Å². The monoisotopic (exact) mass is 328 g/mol. The first-order valence-corrected chi connectivity index (χ1v) is 6.23. The van der Waals surface area contributed by atoms with E-state index in [9.17, 15) is 32.7 Å². The molecule has 7 nitrogen and oxygen atoms in total. The number of carbonyl (C=O) groups excluding carboxylic acids is 2. The van der Waals surface area contributed by atoms with Gasteiger partial charge in [-0.3, -0.25) is 9.59 Å². The quantitative estimate of drug-likeness (QED) is 0.810. The number of alkyl halides is 3. The maximum atomic E-state index is 12.1. The normalized spacial score (nSPS) is 11.4. The summed E-state index contributed by atoms with van der Waals surface area (Å²) in [4.78, 5) is 34.7. The Hall–Kier alpha value is -2.91. The minimum Gasteiger partial charge on any atom is -0.543 e. The number of aromatic carboxylic acids is 1. The van der Waals surface area contributed by atoms with Crippen molar-refractivity contribution in [3.8, 4) is 0 Å². The number of carbonyl (C=O) groups is 2. The molecule has 0 unspecified atom stereocenters. The maximum absolute atomic E-state index is 12.1. The summed E-state index contributed by atoms with van der Waals surface area (Å²) < 4.78 is 36.6. The molecule has 0 saturated heterocycles. The molecular weight excluding hydrogens is 319 g/mol. The number of carboxylic acids is 1. The molecule has 0 aliphatic carbocycles. The van der Waals surface area contributed by atoms with E-state index in [1.807, 2.05) is 0 Å². The second kappa shape index (κ2) is 6.07. The molecule has 0 aliphatic heterocycles. The van der Waals surface area contributed by atoms with Crippen molar-refractivity contribution in [1.29, 1.82) is 0 Å². The van der Waals surface area contributed by atoms with Gasteiger partial charge in [0.25, 0.3) is 5.56 Å². The number of amides is 1. The van der Waals surface area contributed by atoms with Crippen LogP contribution in [0.4, 0.5) is 13.2 Å². The number of benzene rings is 1. The zero-order valence-corrected chi connectivity index (χ0v) is 11.4. The topological polar surface area (TPSA) is 104 Å². The van der Waals surface area contributed by atoms with Crippen LogP contribution in [0.1, 0.15) is 10.5 Å². The number of fused-ring (bicyclic) bond motifs is 1. The van der Waals surface area contributed by atoms with Gasteiger partial charge in [-0.05, 0) is 6.07 Å². The second-order valence-electron chi connectivity index (χ2n) is 4.54. The Labute approximate surface area is 126 Å². The van der Waals surface area contributed by atoms with Crippen LogP contribution in [-0.2, 0) is 11.3 Å². The Morgan fingerprint density at radius 2 is 1.83 bits per heavy atom. The van der Waals surface area contributed by atoms with Crippen LogP contribution < -0.4 is 16.0 Å². The third kappa shape index (κ3) is 3.84. The van der Waals surface area contributed by atoms with Gasteiger partial charge in [0.05, 0.1) is 11.4 Å². The lowest BCUT2D eigenvalue weighted by Crippen LogP contribution is -2.39. The number of rotatable bonds is 4. The molecule has 0 radical (unpaired) electrons. The Kier molecular flexibility index (Phi) is 4.34. The standard InChI is InChI=1S/C13H10F3N3O4/c14-13(15,16)6-17-9(20)5-19-11(21)8-4-2-1-3-7(8)10(18-19)12(22)23/h1-4H,5-6H2,(H,17,20)(H,22,23)/p-1. The van der Waals surface area contributed by atoms with Gasteiger partial charge in [-0.1, -0.05) is 18.2 Å². The molecule has 0 saturated carbocycles. The summed E-state index contributed by atoms with van der Waals surface area (Å²) >= 11 is 0. The molecule has 1 aromatic carbocycles. The highest BCUT2D eigenvalue weighted by atomic mass is 19.4. The van der Waals surface area contributed by atoms with Crippen molar-refractivity contribution in [2.24, 2.45) is 0 Å². The van der Waals surface area contributed by atoms with Crippen LogP contribution >= 0.6 is 0 Å². The van der Waals surface area contributed by atoms with Crippen LogP contribution in [0.5, 0.6) is 0 Å². The lowest BCUT2D eigenvalue weighted by molar-refractivity contribution is -0.255. The van der Waals surface area contributed by atoms with E-state index in [0.29, 0.717) is 4.68 Å². The molecule has 1 N–H and O–H groups in total. The predicted molar refractivity (Wildman–Crippen MR) is 69.4 cm³/mol. The minimum atomic E-state index is -4.60. The summed E-state index contributed by atoms with van der Waals surface area (Å²) in [7, 11) is 0. The van der Waals surface area contributed by atoms with Crippen LogP contribution in [0, 0.1) is 0 Å². The van der Waals surface area contributed by atoms with E-state index in [1.165, 1.54) is 24.3 Å². The number of hydrogen-bond acceptors (Lipinski definition) is 5. The lowest BCUT2D eigenvalue weighted by Gasteiger charge is -2.12. The van der Waals surface area contributed by atoms with Crippen LogP contribution in [0.2, 0.25) is 0 Å². The van der Waals surface area contributed by atoms with E-state index < -0.39 is 42.4 Å². The zero-order valence-electron chi connectivity index (χ0n) is 11.4. The first kappa shape index (κ1) is 16.5. The summed E-state index contributed by atoms with van der Waals surface area (Å²) in [5, 5.41) is 16.1. The molecule has 122 valence electrons. The van der Waals surface area contributed by atoms with Crippen molar-refractivity contribution < 1.29 is 27.9 Å². The van der Waals surface area contributed by atoms with Crippen molar-refractivity contribution in [2.75, 3.05) is 6.54 Å². The van der Waals surface area contributed by atoms with Crippen molar-refractivity contribution in [3.63, 3.8) is 0 Å². The number of nitrogens with one attached hydrogen (secondary N) is 1. The van der Waals surface area contributed by atoms with Gasteiger partial charge in [0.15, 0.2) is 0 Å². The van der Waals surface area contributed by atoms with Gasteiger partial charge < -0.3 is 15.2 Å². The first-order valence-electron chi connectivity index (χ1n) is 6.23. The minimum absolute atomic E-state index is 0.0180. The Bertz CT molecular complexity index is 829. The number of carboxylic acid groups (broad SMARTS) is 1. The Morgan fingerprint density at radius 1 is 1.22 bits per heavy atom. The summed E-state index contributed by atoms with van der Waals surface area (Å²) in [6.07, 6.45) is -4.60. The second-order valence-corrected chi connectivity index (χ2v) is 4.54. The van der Waals surface area contributed by atoms with E-state index in [0.717, 1.165) is 0 Å². The van der Waals surface area contributed by atoms with E-state index in [2.05, 4.69) is 5.10 Å². The number of halogens is 3. The summed E-state index contributed by atoms with van der Waals surface area (Å²) in [6, 6.07) is 5.60. The lowest BCUT2D eigenvalue weighted by atomic mass is 10.1. The van der Waals surface area contributed by atoms with Crippen LogP contribution in [-0.4, -0.2) is 34.4 Å². The van der Waals surface area contributed by atoms with Crippen molar-refractivity contribution in [3.05, 3.63) is 40.3 Å². The van der Waals surface area contributed by atoms with E-state index in [1.54, 1.807) is 5.32 Å². The molecule has 0 atom stereocenters. The zero-order chi connectivity index (χ0) is 17.2. The highest BCUT2D eigenvalue weighted by Crippen LogP contribution is 2.13. The van der Waals surface area contributed by atoms with Crippen LogP contribution in [0.25, 0.3) is 10.8 Å². The average Bonchev–Trinajstić information content (AvgIpc) is 2.47. The molecule has 2 aromatic rings. The molecule has 10 heteroatoms. The van der Waals surface area contributed by atoms with Gasteiger partial charge in [0.1, 0.15) is 18.8 Å². The van der Waals surface area contributed by atoms with Gasteiger partial charge >= 0.3 is 6.18 Å². The van der Waals surface area contributed by atoms with Gasteiger partial charge in [-0.2, -0.15) is 18.3 Å². The van der Waals surface area contributed by atoms with Crippen molar-refractivity contribution in [1.82, 2.24) is 15.1 Å². The number of aromatic nitrogens is 2. The van der Waals surface area contributed by atoms with Gasteiger partial charge in [-0.15, -0.1) is 0 Å². The molecule has 1 heterocycles. The average molecular weight is 328 g/mol. The van der Waals surface area contributed by atoms with E-state index in [-0.39, 0.29) is 10.8 Å². The molecule has 0 bridgehead atoms. The smallest absolute Gasteiger partial charge is 0.405 e. The molecule has 1 aromatic heterocycles. The largest absolute Gasteiger partial charge is 0.543 e. The molecule has 0 aliphatic rings. The summed E-state index contributed by atoms with van der Waals surface area (Å²) in [5.41, 5.74) is -1.38. The first-order chi connectivity index (χ1) is 10.7. The SMILES string of the molecule is O=C(Cn1nc(C(=O)[O-])c2ccccc2c1=O)NCC(F)(F)F. The fourth-order valence-electron chi connectivity index (χ4n) is 1.88. The summed E-state index contributed by atoms with van der Waals surface area (Å²) in [5.74, 6) is -2.80. The predicted octanol–water partition coefficient (Wildman–Crippen LogP) is -0.562. The molecule has 1 amide bonds. The van der Waals surface area contributed by atoms with Crippen molar-refractivity contribution >= 4 is 22.6 Å². The van der Waals surface area contributed by atoms with E-state index >= 15 is 0 Å². The van der Waals surface area contributed by atoms with Crippen molar-refractivity contribution in [2.45, 2.75) is 12.7 Å². The fourth-order valence-corrected chi connectivity index (χ4v) is 1.88. The maximum Gasteiger partial charge on any atom is 0.405 e. The van der Waals surface area contributed by atoms with Crippen LogP contribution in [0.15, 0.2) is 29.1 Å². The Balaban J connectivity index is 2.38. The van der Waals surface area contributed by atoms with Gasteiger partial charge in [0, 0.05) is 5.39 Å². The molecule has 0 spiro atoms. The highest BCUT2D eigenvalue weighted by molar-refractivity contribution is 6.00. The number of hydrogen-bond donors (Lipinski definition) is 1. The van der Waals surface area contributed by atoms with Gasteiger partial charge in [-0.25, -0.2) is 4.68 Å². The highest BCUT2D eigenvalue weighted by Gasteiger charge is 2.27. The fraction of sp³-hybridized carbons (Fsp3) is 0.231. The third-order valence-corrected chi connectivity index (χ3v) is 2.84. The van der Waals surface area contributed by atoms with E-state index in [4.69, 9.17) is 0 Å². The third-order valence-electron chi connectivity index (χ3n) is 2.84. The molecule has 0 fully saturated rings. The number of nitrogens with zero attached hydrogens (tertiary/aromatic N) is 2.